The van der Waals surface area contributed by atoms with Crippen LogP contribution in [0.1, 0.15) is 26.7 Å². The number of carboxylic acids is 1. The molecule has 104 valence electrons. The van der Waals surface area contributed by atoms with Crippen molar-refractivity contribution in [3.63, 3.8) is 0 Å². The molecule has 0 atom stereocenters. The summed E-state index contributed by atoms with van der Waals surface area (Å²) >= 11 is 3.04. The number of anilines is 1. The Kier molecular flexibility index (Phi) is 3.89. The second-order valence-corrected chi connectivity index (χ2v) is 4.86. The van der Waals surface area contributed by atoms with E-state index in [0.29, 0.717) is 10.0 Å². The molecule has 1 aromatic heterocycles. The van der Waals surface area contributed by atoms with Gasteiger partial charge in [-0.25, -0.2) is 9.18 Å². The van der Waals surface area contributed by atoms with Gasteiger partial charge in [-0.05, 0) is 52.7 Å². The third kappa shape index (κ3) is 2.88. The molecule has 5 nitrogen and oxygen atoms in total. The van der Waals surface area contributed by atoms with E-state index >= 15 is 0 Å². The summed E-state index contributed by atoms with van der Waals surface area (Å²) < 4.78 is 18.6. The molecule has 2 rings (SSSR count). The van der Waals surface area contributed by atoms with E-state index in [9.17, 15) is 14.0 Å². The van der Waals surface area contributed by atoms with E-state index in [1.807, 2.05) is 0 Å². The first-order valence-electron chi connectivity index (χ1n) is 5.48. The van der Waals surface area contributed by atoms with Crippen molar-refractivity contribution in [1.29, 1.82) is 0 Å². The maximum atomic E-state index is 13.4. The molecule has 0 aliphatic rings. The molecule has 1 amide bonds. The number of carbonyl (C=O) groups is 2. The van der Waals surface area contributed by atoms with Crippen molar-refractivity contribution in [2.24, 2.45) is 0 Å². The molecule has 7 heteroatoms. The Morgan fingerprint density at radius 2 is 1.95 bits per heavy atom. The standard InChI is InChI=1S/C13H9BrFNO4/c1-6-4-7(14)8(15)5-9(6)16-12(17)10-2-3-11(20-10)13(18)19/h2-5H,1H3,(H,16,17)(H,18,19). The number of halogens is 2. The average molecular weight is 342 g/mol. The van der Waals surface area contributed by atoms with Crippen molar-refractivity contribution in [3.05, 3.63) is 51.6 Å². The zero-order chi connectivity index (χ0) is 14.9. The summed E-state index contributed by atoms with van der Waals surface area (Å²) in [6, 6.07) is 5.10. The molecule has 2 N–H and O–H groups in total. The first kappa shape index (κ1) is 14.3. The van der Waals surface area contributed by atoms with Crippen LogP contribution in [0, 0.1) is 12.7 Å². The van der Waals surface area contributed by atoms with Crippen molar-refractivity contribution < 1.29 is 23.5 Å². The number of hydrogen-bond acceptors (Lipinski definition) is 3. The minimum absolute atomic E-state index is 0.162. The Bertz CT molecular complexity index is 696. The topological polar surface area (TPSA) is 79.5 Å². The van der Waals surface area contributed by atoms with Gasteiger partial charge in [-0.3, -0.25) is 4.79 Å². The Balaban J connectivity index is 2.23. The van der Waals surface area contributed by atoms with Gasteiger partial charge in [-0.15, -0.1) is 0 Å². The van der Waals surface area contributed by atoms with Gasteiger partial charge in [0.1, 0.15) is 5.82 Å². The second kappa shape index (κ2) is 5.46. The quantitative estimate of drug-likeness (QED) is 0.896. The summed E-state index contributed by atoms with van der Waals surface area (Å²) in [5.41, 5.74) is 0.931. The maximum absolute atomic E-state index is 13.4. The number of furan rings is 1. The van der Waals surface area contributed by atoms with Crippen LogP contribution in [-0.4, -0.2) is 17.0 Å². The first-order chi connectivity index (χ1) is 9.38. The summed E-state index contributed by atoms with van der Waals surface area (Å²) in [6.07, 6.45) is 0. The zero-order valence-electron chi connectivity index (χ0n) is 10.2. The number of carbonyl (C=O) groups excluding carboxylic acids is 1. The molecule has 0 bridgehead atoms. The number of rotatable bonds is 3. The highest BCUT2D eigenvalue weighted by Crippen LogP contribution is 2.24. The van der Waals surface area contributed by atoms with Crippen LogP contribution in [0.3, 0.4) is 0 Å². The summed E-state index contributed by atoms with van der Waals surface area (Å²) in [4.78, 5) is 22.5. The zero-order valence-corrected chi connectivity index (χ0v) is 11.8. The van der Waals surface area contributed by atoms with E-state index in [1.54, 1.807) is 6.92 Å². The molecule has 0 aliphatic heterocycles. The number of carboxylic acid groups (broad SMARTS) is 1. The lowest BCUT2D eigenvalue weighted by Crippen LogP contribution is -2.12. The monoisotopic (exact) mass is 341 g/mol. The summed E-state index contributed by atoms with van der Waals surface area (Å²) in [5, 5.41) is 11.2. The van der Waals surface area contributed by atoms with Crippen molar-refractivity contribution >= 4 is 33.5 Å². The van der Waals surface area contributed by atoms with E-state index in [4.69, 9.17) is 9.52 Å². The van der Waals surface area contributed by atoms with E-state index in [2.05, 4.69) is 21.2 Å². The van der Waals surface area contributed by atoms with Crippen molar-refractivity contribution in [3.8, 4) is 0 Å². The highest BCUT2D eigenvalue weighted by molar-refractivity contribution is 9.10. The van der Waals surface area contributed by atoms with Gasteiger partial charge in [0.25, 0.3) is 5.91 Å². The van der Waals surface area contributed by atoms with Crippen LogP contribution in [0.2, 0.25) is 0 Å². The fourth-order valence-corrected chi connectivity index (χ4v) is 2.00. The lowest BCUT2D eigenvalue weighted by molar-refractivity contribution is 0.0660. The van der Waals surface area contributed by atoms with Crippen molar-refractivity contribution in [2.75, 3.05) is 5.32 Å². The molecule has 2 aromatic rings. The number of nitrogens with one attached hydrogen (secondary N) is 1. The highest BCUT2D eigenvalue weighted by Gasteiger charge is 2.16. The largest absolute Gasteiger partial charge is 0.475 e. The Hall–Kier alpha value is -2.15. The van der Waals surface area contributed by atoms with Gasteiger partial charge < -0.3 is 14.8 Å². The van der Waals surface area contributed by atoms with Crippen LogP contribution in [0.25, 0.3) is 0 Å². The van der Waals surface area contributed by atoms with Crippen molar-refractivity contribution in [1.82, 2.24) is 0 Å². The summed E-state index contributed by atoms with van der Waals surface area (Å²) in [7, 11) is 0. The SMILES string of the molecule is Cc1cc(Br)c(F)cc1NC(=O)c1ccc(C(=O)O)o1. The van der Waals surface area contributed by atoms with Gasteiger partial charge in [0.2, 0.25) is 5.76 Å². The Morgan fingerprint density at radius 3 is 2.55 bits per heavy atom. The summed E-state index contributed by atoms with van der Waals surface area (Å²) in [5.74, 6) is -2.94. The van der Waals surface area contributed by atoms with Gasteiger partial charge >= 0.3 is 5.97 Å². The smallest absolute Gasteiger partial charge is 0.371 e. The minimum Gasteiger partial charge on any atom is -0.475 e. The molecular weight excluding hydrogens is 333 g/mol. The van der Waals surface area contributed by atoms with Crippen molar-refractivity contribution in [2.45, 2.75) is 6.92 Å². The maximum Gasteiger partial charge on any atom is 0.371 e. The molecule has 1 heterocycles. The van der Waals surface area contributed by atoms with Gasteiger partial charge in [-0.1, -0.05) is 0 Å². The molecule has 0 spiro atoms. The molecule has 0 saturated heterocycles. The number of aryl methyl sites for hydroxylation is 1. The lowest BCUT2D eigenvalue weighted by atomic mass is 10.2. The van der Waals surface area contributed by atoms with E-state index in [1.165, 1.54) is 24.3 Å². The molecule has 20 heavy (non-hydrogen) atoms. The number of benzene rings is 1. The molecule has 0 radical (unpaired) electrons. The van der Waals surface area contributed by atoms with Crippen LogP contribution in [-0.2, 0) is 0 Å². The second-order valence-electron chi connectivity index (χ2n) is 4.00. The van der Waals surface area contributed by atoms with Gasteiger partial charge in [0.05, 0.1) is 4.47 Å². The van der Waals surface area contributed by atoms with Crippen LogP contribution >= 0.6 is 15.9 Å². The minimum atomic E-state index is -1.27. The third-order valence-electron chi connectivity index (χ3n) is 2.56. The Morgan fingerprint density at radius 1 is 1.30 bits per heavy atom. The fourth-order valence-electron chi connectivity index (χ4n) is 1.54. The highest BCUT2D eigenvalue weighted by atomic mass is 79.9. The summed E-state index contributed by atoms with van der Waals surface area (Å²) in [6.45, 7) is 1.70. The van der Waals surface area contributed by atoms with Gasteiger partial charge in [0, 0.05) is 5.69 Å². The van der Waals surface area contributed by atoms with Crippen LogP contribution in [0.5, 0.6) is 0 Å². The van der Waals surface area contributed by atoms with Gasteiger partial charge in [-0.2, -0.15) is 0 Å². The number of amides is 1. The molecule has 0 saturated carbocycles. The fraction of sp³-hybridized carbons (Fsp3) is 0.0769. The normalized spacial score (nSPS) is 10.3. The van der Waals surface area contributed by atoms with Crippen LogP contribution in [0.15, 0.2) is 33.2 Å². The molecule has 0 aliphatic carbocycles. The number of aromatic carboxylic acids is 1. The molecular formula is C13H9BrFNO4. The average Bonchev–Trinajstić information content (AvgIpc) is 2.85. The number of hydrogen-bond donors (Lipinski definition) is 2. The van der Waals surface area contributed by atoms with Crippen LogP contribution in [0.4, 0.5) is 10.1 Å². The predicted octanol–water partition coefficient (Wildman–Crippen LogP) is 3.44. The Labute approximate surface area is 121 Å². The molecule has 1 aromatic carbocycles. The van der Waals surface area contributed by atoms with E-state index < -0.39 is 17.7 Å². The van der Waals surface area contributed by atoms with Gasteiger partial charge in [0.15, 0.2) is 5.76 Å². The third-order valence-corrected chi connectivity index (χ3v) is 3.16. The predicted molar refractivity (Wildman–Crippen MR) is 72.5 cm³/mol. The lowest BCUT2D eigenvalue weighted by Gasteiger charge is -2.08. The molecule has 0 unspecified atom stereocenters. The van der Waals surface area contributed by atoms with E-state index in [-0.39, 0.29) is 17.2 Å². The van der Waals surface area contributed by atoms with E-state index in [0.717, 1.165) is 0 Å². The first-order valence-corrected chi connectivity index (χ1v) is 6.28. The molecule has 0 fully saturated rings. The van der Waals surface area contributed by atoms with Crippen LogP contribution < -0.4 is 5.32 Å².